The lowest BCUT2D eigenvalue weighted by molar-refractivity contribution is 0.0950. The van der Waals surface area contributed by atoms with Crippen molar-refractivity contribution in [3.8, 4) is 11.5 Å². The van der Waals surface area contributed by atoms with Crippen molar-refractivity contribution in [1.82, 2.24) is 15.5 Å². The highest BCUT2D eigenvalue weighted by Gasteiger charge is 2.16. The number of rotatable bonds is 5. The van der Waals surface area contributed by atoms with Crippen LogP contribution in [-0.2, 0) is 6.42 Å². The van der Waals surface area contributed by atoms with E-state index in [1.807, 2.05) is 31.2 Å². The summed E-state index contributed by atoms with van der Waals surface area (Å²) in [4.78, 5) is 12.0. The molecule has 3 rings (SSSR count). The zero-order chi connectivity index (χ0) is 17.8. The SMILES string of the molecule is Cc1ccccc1-c1nnc(CCNC(=O)c2c(F)cccc2Cl)o1. The quantitative estimate of drug-likeness (QED) is 0.752. The van der Waals surface area contributed by atoms with Gasteiger partial charge in [-0.15, -0.1) is 10.2 Å². The molecule has 0 saturated heterocycles. The van der Waals surface area contributed by atoms with E-state index in [0.717, 1.165) is 11.1 Å². The Hall–Kier alpha value is -2.73. The standard InChI is InChI=1S/C18H15ClFN3O2/c1-11-5-2-3-6-12(11)18-23-22-15(25-18)9-10-21-17(24)16-13(19)7-4-8-14(16)20/h2-8H,9-10H2,1H3,(H,21,24). The van der Waals surface area contributed by atoms with Crippen LogP contribution >= 0.6 is 11.6 Å². The first-order valence-electron chi connectivity index (χ1n) is 7.67. The van der Waals surface area contributed by atoms with Gasteiger partial charge in [0.15, 0.2) is 0 Å². The molecule has 0 saturated carbocycles. The average molecular weight is 360 g/mol. The summed E-state index contributed by atoms with van der Waals surface area (Å²) in [5.41, 5.74) is 1.72. The number of hydrogen-bond donors (Lipinski definition) is 1. The lowest BCUT2D eigenvalue weighted by Gasteiger charge is -2.06. The molecular formula is C18H15ClFN3O2. The summed E-state index contributed by atoms with van der Waals surface area (Å²) in [6.45, 7) is 2.18. The van der Waals surface area contributed by atoms with E-state index < -0.39 is 11.7 Å². The molecule has 0 spiro atoms. The predicted octanol–water partition coefficient (Wildman–Crippen LogP) is 3.81. The molecule has 1 heterocycles. The second kappa shape index (κ2) is 7.44. The molecule has 1 amide bonds. The zero-order valence-electron chi connectivity index (χ0n) is 13.4. The fraction of sp³-hybridized carbons (Fsp3) is 0.167. The van der Waals surface area contributed by atoms with Gasteiger partial charge in [-0.25, -0.2) is 4.39 Å². The molecule has 0 atom stereocenters. The van der Waals surface area contributed by atoms with E-state index in [1.165, 1.54) is 18.2 Å². The van der Waals surface area contributed by atoms with Crippen molar-refractivity contribution in [2.45, 2.75) is 13.3 Å². The third-order valence-electron chi connectivity index (χ3n) is 3.66. The van der Waals surface area contributed by atoms with E-state index in [0.29, 0.717) is 18.2 Å². The van der Waals surface area contributed by atoms with Gasteiger partial charge >= 0.3 is 0 Å². The van der Waals surface area contributed by atoms with Crippen molar-refractivity contribution >= 4 is 17.5 Å². The molecule has 25 heavy (non-hydrogen) atoms. The molecule has 1 N–H and O–H groups in total. The summed E-state index contributed by atoms with van der Waals surface area (Å²) in [7, 11) is 0. The third kappa shape index (κ3) is 3.85. The molecule has 0 aliphatic rings. The number of carbonyl (C=O) groups is 1. The lowest BCUT2D eigenvalue weighted by atomic mass is 10.1. The summed E-state index contributed by atoms with van der Waals surface area (Å²) in [6.07, 6.45) is 0.330. The molecule has 128 valence electrons. The van der Waals surface area contributed by atoms with E-state index in [4.69, 9.17) is 16.0 Å². The Morgan fingerprint density at radius 3 is 2.76 bits per heavy atom. The van der Waals surface area contributed by atoms with Crippen LogP contribution in [0.3, 0.4) is 0 Å². The first-order chi connectivity index (χ1) is 12.1. The lowest BCUT2D eigenvalue weighted by Crippen LogP contribution is -2.27. The zero-order valence-corrected chi connectivity index (χ0v) is 14.2. The fourth-order valence-corrected chi connectivity index (χ4v) is 2.61. The first-order valence-corrected chi connectivity index (χ1v) is 8.04. The topological polar surface area (TPSA) is 68.0 Å². The van der Waals surface area contributed by atoms with Crippen molar-refractivity contribution in [2.24, 2.45) is 0 Å². The normalized spacial score (nSPS) is 10.7. The van der Waals surface area contributed by atoms with Crippen LogP contribution in [-0.4, -0.2) is 22.6 Å². The number of amides is 1. The molecule has 0 radical (unpaired) electrons. The van der Waals surface area contributed by atoms with Gasteiger partial charge in [-0.1, -0.05) is 35.9 Å². The highest BCUT2D eigenvalue weighted by atomic mass is 35.5. The number of hydrogen-bond acceptors (Lipinski definition) is 4. The number of aryl methyl sites for hydroxylation is 1. The second-order valence-electron chi connectivity index (χ2n) is 5.42. The van der Waals surface area contributed by atoms with E-state index in [1.54, 1.807) is 0 Å². The maximum Gasteiger partial charge on any atom is 0.255 e. The van der Waals surface area contributed by atoms with Crippen LogP contribution in [0, 0.1) is 12.7 Å². The number of halogens is 2. The summed E-state index contributed by atoms with van der Waals surface area (Å²) in [5, 5.41) is 10.7. The average Bonchev–Trinajstić information content (AvgIpc) is 3.04. The molecule has 0 bridgehead atoms. The highest BCUT2D eigenvalue weighted by Crippen LogP contribution is 2.21. The largest absolute Gasteiger partial charge is 0.421 e. The molecule has 0 fully saturated rings. The maximum absolute atomic E-state index is 13.7. The highest BCUT2D eigenvalue weighted by molar-refractivity contribution is 6.33. The van der Waals surface area contributed by atoms with Gasteiger partial charge in [0.2, 0.25) is 11.8 Å². The number of benzene rings is 2. The number of nitrogens with zero attached hydrogens (tertiary/aromatic N) is 2. The molecule has 0 aliphatic heterocycles. The number of carbonyl (C=O) groups excluding carboxylic acids is 1. The number of nitrogens with one attached hydrogen (secondary N) is 1. The van der Waals surface area contributed by atoms with Crippen LogP contribution in [0.1, 0.15) is 21.8 Å². The maximum atomic E-state index is 13.7. The van der Waals surface area contributed by atoms with Crippen molar-refractivity contribution in [3.63, 3.8) is 0 Å². The van der Waals surface area contributed by atoms with Crippen LogP contribution < -0.4 is 5.32 Å². The summed E-state index contributed by atoms with van der Waals surface area (Å²) >= 11 is 5.86. The number of aromatic nitrogens is 2. The van der Waals surface area contributed by atoms with E-state index in [-0.39, 0.29) is 17.1 Å². The summed E-state index contributed by atoms with van der Waals surface area (Å²) in [6, 6.07) is 11.8. The van der Waals surface area contributed by atoms with Crippen molar-refractivity contribution in [2.75, 3.05) is 6.54 Å². The van der Waals surface area contributed by atoms with Gasteiger partial charge in [-0.05, 0) is 30.7 Å². The Bertz CT molecular complexity index is 891. The fourth-order valence-electron chi connectivity index (χ4n) is 2.36. The van der Waals surface area contributed by atoms with Gasteiger partial charge in [-0.2, -0.15) is 0 Å². The van der Waals surface area contributed by atoms with Crippen LogP contribution in [0.25, 0.3) is 11.5 Å². The molecular weight excluding hydrogens is 345 g/mol. The van der Waals surface area contributed by atoms with Gasteiger partial charge in [-0.3, -0.25) is 4.79 Å². The monoisotopic (exact) mass is 359 g/mol. The Labute approximate surface area is 148 Å². The van der Waals surface area contributed by atoms with Crippen molar-refractivity contribution in [3.05, 3.63) is 70.3 Å². The predicted molar refractivity (Wildman–Crippen MR) is 91.9 cm³/mol. The van der Waals surface area contributed by atoms with Gasteiger partial charge in [0.05, 0.1) is 10.6 Å². The molecule has 3 aromatic rings. The molecule has 7 heteroatoms. The Balaban J connectivity index is 1.62. The van der Waals surface area contributed by atoms with E-state index in [2.05, 4.69) is 15.5 Å². The second-order valence-corrected chi connectivity index (χ2v) is 5.83. The summed E-state index contributed by atoms with van der Waals surface area (Å²) < 4.78 is 19.3. The summed E-state index contributed by atoms with van der Waals surface area (Å²) in [5.74, 6) is -0.430. The van der Waals surface area contributed by atoms with Crippen LogP contribution in [0.15, 0.2) is 46.9 Å². The smallest absolute Gasteiger partial charge is 0.255 e. The third-order valence-corrected chi connectivity index (χ3v) is 3.97. The van der Waals surface area contributed by atoms with Crippen LogP contribution in [0.4, 0.5) is 4.39 Å². The minimum absolute atomic E-state index is 0.0668. The Morgan fingerprint density at radius 1 is 1.20 bits per heavy atom. The molecule has 1 aromatic heterocycles. The van der Waals surface area contributed by atoms with Gasteiger partial charge in [0.1, 0.15) is 5.82 Å². The van der Waals surface area contributed by atoms with Gasteiger partial charge < -0.3 is 9.73 Å². The van der Waals surface area contributed by atoms with E-state index in [9.17, 15) is 9.18 Å². The Kier molecular flexibility index (Phi) is 5.09. The molecule has 5 nitrogen and oxygen atoms in total. The minimum atomic E-state index is -0.662. The first kappa shape index (κ1) is 17.1. The van der Waals surface area contributed by atoms with Crippen molar-refractivity contribution < 1.29 is 13.6 Å². The Morgan fingerprint density at radius 2 is 2.00 bits per heavy atom. The molecule has 0 unspecified atom stereocenters. The van der Waals surface area contributed by atoms with Crippen LogP contribution in [0.5, 0.6) is 0 Å². The van der Waals surface area contributed by atoms with E-state index >= 15 is 0 Å². The molecule has 2 aromatic carbocycles. The molecule has 0 aliphatic carbocycles. The van der Waals surface area contributed by atoms with Crippen molar-refractivity contribution in [1.29, 1.82) is 0 Å². The minimum Gasteiger partial charge on any atom is -0.421 e. The van der Waals surface area contributed by atoms with Gasteiger partial charge in [0, 0.05) is 18.5 Å². The van der Waals surface area contributed by atoms with Crippen LogP contribution in [0.2, 0.25) is 5.02 Å². The van der Waals surface area contributed by atoms with Gasteiger partial charge in [0.25, 0.3) is 5.91 Å².